The van der Waals surface area contributed by atoms with Crippen molar-refractivity contribution in [1.29, 1.82) is 0 Å². The molecular formula is C18H29BrOSi. The minimum absolute atomic E-state index is 0.207. The smallest absolute Gasteiger partial charge is 0.133 e. The third-order valence-corrected chi connectivity index (χ3v) is 11.7. The Kier molecular flexibility index (Phi) is 6.42. The average molecular weight is 369 g/mol. The van der Waals surface area contributed by atoms with Gasteiger partial charge in [0.1, 0.15) is 5.78 Å². The molecule has 0 aromatic heterocycles. The van der Waals surface area contributed by atoms with E-state index in [2.05, 4.69) is 81.0 Å². The number of carbonyl (C=O) groups is 1. The summed E-state index contributed by atoms with van der Waals surface area (Å²) in [6.07, 6.45) is 2.56. The molecule has 118 valence electrons. The molecule has 0 amide bonds. The molecule has 0 saturated carbocycles. The highest BCUT2D eigenvalue weighted by atomic mass is 79.9. The van der Waals surface area contributed by atoms with Gasteiger partial charge >= 0.3 is 0 Å². The van der Waals surface area contributed by atoms with Crippen LogP contribution in [-0.2, 0) is 11.2 Å². The Labute approximate surface area is 139 Å². The lowest BCUT2D eigenvalue weighted by molar-refractivity contribution is -0.119. The Morgan fingerprint density at radius 3 is 2.14 bits per heavy atom. The summed E-state index contributed by atoms with van der Waals surface area (Å²) in [5.74, 6) is 0.465. The van der Waals surface area contributed by atoms with E-state index in [1.807, 2.05) is 0 Å². The van der Waals surface area contributed by atoms with Crippen LogP contribution in [0.15, 0.2) is 28.7 Å². The first-order valence-corrected chi connectivity index (χ1v) is 11.7. The summed E-state index contributed by atoms with van der Waals surface area (Å²) < 4.78 is 1.09. The Bertz CT molecular complexity index is 471. The maximum absolute atomic E-state index is 12.7. The normalized spacial score (nSPS) is 14.0. The zero-order chi connectivity index (χ0) is 16.3. The second-order valence-electron chi connectivity index (χ2n) is 7.57. The Balaban J connectivity index is 3.08. The highest BCUT2D eigenvalue weighted by molar-refractivity contribution is 9.10. The van der Waals surface area contributed by atoms with E-state index in [-0.39, 0.29) is 10.6 Å². The van der Waals surface area contributed by atoms with E-state index in [1.54, 1.807) is 0 Å². The maximum Gasteiger partial charge on any atom is 0.133 e. The van der Waals surface area contributed by atoms with E-state index in [0.29, 0.717) is 12.2 Å². The van der Waals surface area contributed by atoms with Gasteiger partial charge in [-0.2, -0.15) is 0 Å². The summed E-state index contributed by atoms with van der Waals surface area (Å²) in [6.45, 7) is 13.8. The molecule has 1 atom stereocenters. The summed E-state index contributed by atoms with van der Waals surface area (Å²) in [5, 5.41) is 0.233. The van der Waals surface area contributed by atoms with Crippen LogP contribution in [0.25, 0.3) is 0 Å². The average Bonchev–Trinajstić information content (AvgIpc) is 2.36. The molecule has 1 aromatic rings. The van der Waals surface area contributed by atoms with Gasteiger partial charge in [-0.15, -0.1) is 0 Å². The van der Waals surface area contributed by atoms with E-state index in [1.165, 1.54) is 5.56 Å². The van der Waals surface area contributed by atoms with Crippen molar-refractivity contribution in [2.45, 2.75) is 70.6 Å². The number of benzene rings is 1. The molecule has 0 radical (unpaired) electrons. The van der Waals surface area contributed by atoms with Gasteiger partial charge in [-0.25, -0.2) is 0 Å². The molecule has 0 saturated heterocycles. The van der Waals surface area contributed by atoms with Gasteiger partial charge < -0.3 is 0 Å². The van der Waals surface area contributed by atoms with Crippen LogP contribution in [0, 0.1) is 0 Å². The molecule has 0 spiro atoms. The van der Waals surface area contributed by atoms with Crippen LogP contribution in [0.4, 0.5) is 0 Å². The fourth-order valence-corrected chi connectivity index (χ4v) is 5.58. The molecule has 1 rings (SSSR count). The number of Topliss-reactive ketones (excluding diaryl/α,β-unsaturated/α-hetero) is 1. The summed E-state index contributed by atoms with van der Waals surface area (Å²) >= 11 is 3.48. The molecule has 0 unspecified atom stereocenters. The number of ketones is 1. The number of hydrogen-bond acceptors (Lipinski definition) is 1. The predicted molar refractivity (Wildman–Crippen MR) is 98.7 cm³/mol. The van der Waals surface area contributed by atoms with Crippen LogP contribution in [-0.4, -0.2) is 13.9 Å². The second kappa shape index (κ2) is 7.23. The third-order valence-electron chi connectivity index (χ3n) is 5.04. The largest absolute Gasteiger partial charge is 0.300 e. The molecular weight excluding hydrogens is 340 g/mol. The van der Waals surface area contributed by atoms with Gasteiger partial charge in [-0.3, -0.25) is 4.79 Å². The van der Waals surface area contributed by atoms with Gasteiger partial charge in [0.2, 0.25) is 0 Å². The van der Waals surface area contributed by atoms with Crippen molar-refractivity contribution in [3.8, 4) is 0 Å². The molecule has 1 nitrogen and oxygen atoms in total. The van der Waals surface area contributed by atoms with Gasteiger partial charge in [-0.05, 0) is 35.6 Å². The maximum atomic E-state index is 12.7. The van der Waals surface area contributed by atoms with Gasteiger partial charge in [0.05, 0.1) is 8.07 Å². The molecule has 0 fully saturated rings. The first kappa shape index (κ1) is 18.6. The van der Waals surface area contributed by atoms with Crippen LogP contribution in [0.3, 0.4) is 0 Å². The van der Waals surface area contributed by atoms with Crippen molar-refractivity contribution in [3.63, 3.8) is 0 Å². The standard InChI is InChI=1S/C18H29BrOSi/c1-7-8-16(20)17(21(5,6)18(2,3)4)13-14-9-11-15(19)12-10-14/h9-12,17H,7-8,13H2,1-6H3/t17-/m0/s1. The summed E-state index contributed by atoms with van der Waals surface area (Å²) in [4.78, 5) is 12.7. The van der Waals surface area contributed by atoms with Gasteiger partial charge in [-0.1, -0.05) is 68.9 Å². The predicted octanol–water partition coefficient (Wildman–Crippen LogP) is 6.24. The Morgan fingerprint density at radius 2 is 1.71 bits per heavy atom. The topological polar surface area (TPSA) is 17.1 Å². The number of hydrogen-bond donors (Lipinski definition) is 0. The van der Waals surface area contributed by atoms with E-state index in [9.17, 15) is 4.79 Å². The second-order valence-corrected chi connectivity index (χ2v) is 14.1. The van der Waals surface area contributed by atoms with E-state index < -0.39 is 8.07 Å². The van der Waals surface area contributed by atoms with Crippen LogP contribution in [0.5, 0.6) is 0 Å². The van der Waals surface area contributed by atoms with E-state index in [0.717, 1.165) is 17.3 Å². The summed E-state index contributed by atoms with van der Waals surface area (Å²) in [6, 6.07) is 8.43. The molecule has 0 heterocycles. The first-order chi connectivity index (χ1) is 9.59. The number of halogens is 1. The van der Waals surface area contributed by atoms with E-state index >= 15 is 0 Å². The molecule has 21 heavy (non-hydrogen) atoms. The SMILES string of the molecule is CCCC(=O)[C@H](Cc1ccc(Br)cc1)[Si](C)(C)C(C)(C)C. The lowest BCUT2D eigenvalue weighted by Gasteiger charge is -2.43. The van der Waals surface area contributed by atoms with Crippen LogP contribution in [0.2, 0.25) is 23.7 Å². The van der Waals surface area contributed by atoms with Crippen LogP contribution < -0.4 is 0 Å². The molecule has 0 aliphatic heterocycles. The molecule has 0 aliphatic carbocycles. The fourth-order valence-electron chi connectivity index (χ4n) is 2.57. The molecule has 1 aromatic carbocycles. The van der Waals surface area contributed by atoms with Gasteiger partial charge in [0.25, 0.3) is 0 Å². The minimum atomic E-state index is -1.69. The van der Waals surface area contributed by atoms with E-state index in [4.69, 9.17) is 0 Å². The van der Waals surface area contributed by atoms with Crippen LogP contribution in [0.1, 0.15) is 46.1 Å². The Hall–Kier alpha value is -0.413. The fraction of sp³-hybridized carbons (Fsp3) is 0.611. The highest BCUT2D eigenvalue weighted by Crippen LogP contribution is 2.45. The van der Waals surface area contributed by atoms with Crippen molar-refractivity contribution in [3.05, 3.63) is 34.3 Å². The molecule has 3 heteroatoms. The number of carbonyl (C=O) groups excluding carboxylic acids is 1. The zero-order valence-corrected chi connectivity index (χ0v) is 16.9. The first-order valence-electron chi connectivity index (χ1n) is 7.86. The zero-order valence-electron chi connectivity index (χ0n) is 14.3. The third kappa shape index (κ3) is 4.78. The summed E-state index contributed by atoms with van der Waals surface area (Å²) in [7, 11) is -1.69. The van der Waals surface area contributed by atoms with Crippen molar-refractivity contribution < 1.29 is 4.79 Å². The van der Waals surface area contributed by atoms with Crippen molar-refractivity contribution in [1.82, 2.24) is 0 Å². The monoisotopic (exact) mass is 368 g/mol. The molecule has 0 N–H and O–H groups in total. The quantitative estimate of drug-likeness (QED) is 0.543. The number of rotatable bonds is 6. The molecule has 0 bridgehead atoms. The lowest BCUT2D eigenvalue weighted by Crippen LogP contribution is -2.46. The van der Waals surface area contributed by atoms with Crippen molar-refractivity contribution in [2.75, 3.05) is 0 Å². The summed E-state index contributed by atoms with van der Waals surface area (Å²) in [5.41, 5.74) is 1.48. The van der Waals surface area contributed by atoms with Crippen molar-refractivity contribution in [2.24, 2.45) is 0 Å². The lowest BCUT2D eigenvalue weighted by atomic mass is 10.0. The van der Waals surface area contributed by atoms with Crippen LogP contribution >= 0.6 is 15.9 Å². The highest BCUT2D eigenvalue weighted by Gasteiger charge is 2.44. The molecule has 0 aliphatic rings. The minimum Gasteiger partial charge on any atom is -0.300 e. The van der Waals surface area contributed by atoms with Gasteiger partial charge in [0.15, 0.2) is 0 Å². The van der Waals surface area contributed by atoms with Gasteiger partial charge in [0, 0.05) is 16.4 Å². The van der Waals surface area contributed by atoms with Crippen molar-refractivity contribution >= 4 is 29.8 Å². The Morgan fingerprint density at radius 1 is 1.19 bits per heavy atom.